The zero-order valence-corrected chi connectivity index (χ0v) is 14.2. The smallest absolute Gasteiger partial charge is 0.141 e. The van der Waals surface area contributed by atoms with Crippen molar-refractivity contribution in [3.8, 4) is 0 Å². The van der Waals surface area contributed by atoms with Crippen molar-refractivity contribution in [3.05, 3.63) is 101 Å². The van der Waals surface area contributed by atoms with E-state index in [2.05, 4.69) is 12.6 Å². The monoisotopic (exact) mass is 320 g/mol. The molecule has 116 valence electrons. The van der Waals surface area contributed by atoms with Gasteiger partial charge < -0.3 is 5.11 Å². The number of aryl methyl sites for hydroxylation is 2. The van der Waals surface area contributed by atoms with E-state index < -0.39 is 5.60 Å². The van der Waals surface area contributed by atoms with Crippen molar-refractivity contribution >= 4 is 12.6 Å². The number of benzene rings is 3. The summed E-state index contributed by atoms with van der Waals surface area (Å²) in [7, 11) is 0. The van der Waals surface area contributed by atoms with Gasteiger partial charge in [-0.15, -0.1) is 12.6 Å². The molecule has 0 fully saturated rings. The Morgan fingerprint density at radius 3 is 1.57 bits per heavy atom. The minimum absolute atomic E-state index is 0.774. The summed E-state index contributed by atoms with van der Waals surface area (Å²) >= 11 is 4.57. The summed E-state index contributed by atoms with van der Waals surface area (Å²) in [6.45, 7) is 4.09. The Kier molecular flexibility index (Phi) is 4.29. The van der Waals surface area contributed by atoms with Crippen molar-refractivity contribution in [2.24, 2.45) is 0 Å². The SMILES string of the molecule is Cc1ccc(C(O)(c2ccc(C)cc2)c2ccccc2S)cc1. The molecule has 0 unspecified atom stereocenters. The van der Waals surface area contributed by atoms with Crippen LogP contribution in [-0.2, 0) is 5.60 Å². The van der Waals surface area contributed by atoms with Gasteiger partial charge in [-0.05, 0) is 31.0 Å². The first-order valence-electron chi connectivity index (χ1n) is 7.67. The predicted octanol–water partition coefficient (Wildman–Crippen LogP) is 4.88. The third-order valence-corrected chi connectivity index (χ3v) is 4.62. The van der Waals surface area contributed by atoms with Gasteiger partial charge in [0.05, 0.1) is 0 Å². The fraction of sp³-hybridized carbons (Fsp3) is 0.143. The van der Waals surface area contributed by atoms with E-state index in [0.717, 1.165) is 21.6 Å². The summed E-state index contributed by atoms with van der Waals surface area (Å²) < 4.78 is 0. The number of aliphatic hydroxyl groups is 1. The first-order chi connectivity index (χ1) is 11.0. The van der Waals surface area contributed by atoms with Crippen LogP contribution in [0.3, 0.4) is 0 Å². The number of rotatable bonds is 3. The van der Waals surface area contributed by atoms with E-state index in [9.17, 15) is 5.11 Å². The molecule has 0 bridgehead atoms. The lowest BCUT2D eigenvalue weighted by atomic mass is 9.80. The first-order valence-corrected chi connectivity index (χ1v) is 8.11. The third-order valence-electron chi connectivity index (χ3n) is 4.23. The Hall–Kier alpha value is -2.03. The second-order valence-corrected chi connectivity index (χ2v) is 6.44. The molecule has 0 saturated heterocycles. The second kappa shape index (κ2) is 6.23. The van der Waals surface area contributed by atoms with E-state index in [0.29, 0.717) is 0 Å². The van der Waals surface area contributed by atoms with Crippen LogP contribution in [0, 0.1) is 13.8 Å². The van der Waals surface area contributed by atoms with Gasteiger partial charge in [-0.25, -0.2) is 0 Å². The van der Waals surface area contributed by atoms with Crippen LogP contribution in [0.2, 0.25) is 0 Å². The fourth-order valence-corrected chi connectivity index (χ4v) is 3.17. The Morgan fingerprint density at radius 1 is 0.696 bits per heavy atom. The molecule has 23 heavy (non-hydrogen) atoms. The molecule has 0 aromatic heterocycles. The lowest BCUT2D eigenvalue weighted by molar-refractivity contribution is 0.123. The molecule has 1 nitrogen and oxygen atoms in total. The summed E-state index contributed by atoms with van der Waals surface area (Å²) in [5, 5.41) is 11.7. The van der Waals surface area contributed by atoms with Gasteiger partial charge >= 0.3 is 0 Å². The van der Waals surface area contributed by atoms with Crippen LogP contribution in [0.25, 0.3) is 0 Å². The van der Waals surface area contributed by atoms with E-state index in [1.54, 1.807) is 0 Å². The van der Waals surface area contributed by atoms with Crippen LogP contribution >= 0.6 is 12.6 Å². The van der Waals surface area contributed by atoms with Gasteiger partial charge in [-0.3, -0.25) is 0 Å². The maximum absolute atomic E-state index is 11.7. The van der Waals surface area contributed by atoms with Crippen molar-refractivity contribution in [1.82, 2.24) is 0 Å². The van der Waals surface area contributed by atoms with E-state index in [1.165, 1.54) is 11.1 Å². The highest BCUT2D eigenvalue weighted by molar-refractivity contribution is 7.80. The van der Waals surface area contributed by atoms with Crippen LogP contribution in [0.15, 0.2) is 77.7 Å². The van der Waals surface area contributed by atoms with Crippen molar-refractivity contribution in [3.63, 3.8) is 0 Å². The molecule has 3 aromatic rings. The number of thiol groups is 1. The van der Waals surface area contributed by atoms with E-state index in [4.69, 9.17) is 0 Å². The van der Waals surface area contributed by atoms with Crippen molar-refractivity contribution in [1.29, 1.82) is 0 Å². The van der Waals surface area contributed by atoms with Crippen LogP contribution in [0.5, 0.6) is 0 Å². The van der Waals surface area contributed by atoms with Gasteiger partial charge in [-0.1, -0.05) is 77.9 Å². The van der Waals surface area contributed by atoms with Crippen LogP contribution < -0.4 is 0 Å². The van der Waals surface area contributed by atoms with Gasteiger partial charge in [-0.2, -0.15) is 0 Å². The van der Waals surface area contributed by atoms with Crippen molar-refractivity contribution in [2.75, 3.05) is 0 Å². The molecule has 0 saturated carbocycles. The Morgan fingerprint density at radius 2 is 1.13 bits per heavy atom. The standard InChI is InChI=1S/C21H20OS/c1-15-7-11-17(12-8-15)21(22,18-13-9-16(2)10-14-18)19-5-3-4-6-20(19)23/h3-14,22-23H,1-2H3. The van der Waals surface area contributed by atoms with Gasteiger partial charge in [0.2, 0.25) is 0 Å². The van der Waals surface area contributed by atoms with Gasteiger partial charge in [0, 0.05) is 10.5 Å². The fourth-order valence-electron chi connectivity index (χ4n) is 2.85. The largest absolute Gasteiger partial charge is 0.376 e. The van der Waals surface area contributed by atoms with Gasteiger partial charge in [0.15, 0.2) is 0 Å². The third kappa shape index (κ3) is 2.92. The summed E-state index contributed by atoms with van der Waals surface area (Å²) in [6.07, 6.45) is 0. The number of hydrogen-bond acceptors (Lipinski definition) is 2. The van der Waals surface area contributed by atoms with E-state index in [-0.39, 0.29) is 0 Å². The average Bonchev–Trinajstić information content (AvgIpc) is 2.56. The van der Waals surface area contributed by atoms with E-state index >= 15 is 0 Å². The Balaban J connectivity index is 2.27. The van der Waals surface area contributed by atoms with Crippen molar-refractivity contribution in [2.45, 2.75) is 24.3 Å². The molecule has 1 N–H and O–H groups in total. The topological polar surface area (TPSA) is 20.2 Å². The molecule has 0 aliphatic rings. The van der Waals surface area contributed by atoms with Gasteiger partial charge in [0.25, 0.3) is 0 Å². The van der Waals surface area contributed by atoms with Gasteiger partial charge in [0.1, 0.15) is 5.60 Å². The quantitative estimate of drug-likeness (QED) is 0.521. The minimum Gasteiger partial charge on any atom is -0.376 e. The van der Waals surface area contributed by atoms with Crippen LogP contribution in [0.4, 0.5) is 0 Å². The summed E-state index contributed by atoms with van der Waals surface area (Å²) in [4.78, 5) is 0.774. The molecule has 0 atom stereocenters. The Bertz CT molecular complexity index is 759. The summed E-state index contributed by atoms with van der Waals surface area (Å²) in [5.74, 6) is 0. The Labute approximate surface area is 143 Å². The molecule has 0 radical (unpaired) electrons. The van der Waals surface area contributed by atoms with Crippen LogP contribution in [-0.4, -0.2) is 5.11 Å². The average molecular weight is 320 g/mol. The lowest BCUT2D eigenvalue weighted by Crippen LogP contribution is -2.29. The highest BCUT2D eigenvalue weighted by Crippen LogP contribution is 2.39. The molecule has 0 aliphatic carbocycles. The molecule has 2 heteroatoms. The zero-order chi connectivity index (χ0) is 16.4. The molecule has 0 amide bonds. The molecule has 0 spiro atoms. The second-order valence-electron chi connectivity index (χ2n) is 5.96. The predicted molar refractivity (Wildman–Crippen MR) is 98.2 cm³/mol. The first kappa shape index (κ1) is 15.9. The highest BCUT2D eigenvalue weighted by atomic mass is 32.1. The van der Waals surface area contributed by atoms with Crippen LogP contribution in [0.1, 0.15) is 27.8 Å². The summed E-state index contributed by atoms with van der Waals surface area (Å²) in [6, 6.07) is 23.7. The zero-order valence-electron chi connectivity index (χ0n) is 13.3. The molecular weight excluding hydrogens is 300 g/mol. The number of hydrogen-bond donors (Lipinski definition) is 2. The minimum atomic E-state index is -1.22. The maximum Gasteiger partial charge on any atom is 0.141 e. The molecule has 0 heterocycles. The van der Waals surface area contributed by atoms with E-state index in [1.807, 2.05) is 86.6 Å². The molecule has 3 aromatic carbocycles. The van der Waals surface area contributed by atoms with Crippen molar-refractivity contribution < 1.29 is 5.11 Å². The maximum atomic E-state index is 11.7. The summed E-state index contributed by atoms with van der Waals surface area (Å²) in [5.41, 5.74) is 3.58. The molecular formula is C21H20OS. The molecule has 3 rings (SSSR count). The normalized spacial score (nSPS) is 11.5. The molecule has 0 aliphatic heterocycles. The lowest BCUT2D eigenvalue weighted by Gasteiger charge is -2.31. The highest BCUT2D eigenvalue weighted by Gasteiger charge is 2.35.